The molecule has 1 fully saturated rings. The van der Waals surface area contributed by atoms with Crippen LogP contribution in [0.3, 0.4) is 0 Å². The van der Waals surface area contributed by atoms with Crippen molar-refractivity contribution in [3.8, 4) is 0 Å². The third-order valence-corrected chi connectivity index (χ3v) is 4.96. The number of benzene rings is 1. The van der Waals surface area contributed by atoms with Gasteiger partial charge in [-0.15, -0.1) is 0 Å². The first-order valence-electron chi connectivity index (χ1n) is 8.52. The molecule has 1 aliphatic carbocycles. The summed E-state index contributed by atoms with van der Waals surface area (Å²) in [7, 11) is 0. The first kappa shape index (κ1) is 14.3. The predicted molar refractivity (Wildman–Crippen MR) is 95.5 cm³/mol. The molecule has 0 atom stereocenters. The summed E-state index contributed by atoms with van der Waals surface area (Å²) in [4.78, 5) is 25.0. The van der Waals surface area contributed by atoms with Gasteiger partial charge in [0, 0.05) is 17.3 Å². The minimum atomic E-state index is -0.0253. The van der Waals surface area contributed by atoms with Crippen molar-refractivity contribution in [2.75, 3.05) is 10.6 Å². The molecule has 1 aromatic carbocycles. The number of para-hydroxylation sites is 1. The number of hydrogen-bond acceptors (Lipinski definition) is 5. The van der Waals surface area contributed by atoms with Crippen molar-refractivity contribution in [2.24, 2.45) is 0 Å². The fourth-order valence-electron chi connectivity index (χ4n) is 3.53. The Morgan fingerprint density at radius 3 is 2.88 bits per heavy atom. The summed E-state index contributed by atoms with van der Waals surface area (Å²) < 4.78 is 0. The number of carbonyl (C=O) groups excluding carboxylic acids is 1. The van der Waals surface area contributed by atoms with Gasteiger partial charge in [0.15, 0.2) is 5.82 Å². The van der Waals surface area contributed by atoms with Gasteiger partial charge in [-0.1, -0.05) is 18.2 Å². The van der Waals surface area contributed by atoms with Crippen LogP contribution in [0.1, 0.15) is 30.1 Å². The maximum atomic E-state index is 11.4. The number of rotatable bonds is 3. The topological polar surface area (TPSA) is 79.8 Å². The van der Waals surface area contributed by atoms with Crippen LogP contribution < -0.4 is 10.6 Å². The third kappa shape index (κ3) is 2.59. The molecule has 2 N–H and O–H groups in total. The highest BCUT2D eigenvalue weighted by Gasteiger charge is 2.33. The SMILES string of the molecule is O=C1Cc2nc(C3CC(Nc4ccc5ccccc5n4)C3)cnc2N1. The van der Waals surface area contributed by atoms with E-state index in [0.717, 1.165) is 41.0 Å². The highest BCUT2D eigenvalue weighted by atomic mass is 16.1. The maximum absolute atomic E-state index is 11.4. The highest BCUT2D eigenvalue weighted by Crippen LogP contribution is 2.38. The van der Waals surface area contributed by atoms with E-state index in [4.69, 9.17) is 0 Å². The largest absolute Gasteiger partial charge is 0.367 e. The van der Waals surface area contributed by atoms with Gasteiger partial charge in [0.1, 0.15) is 5.82 Å². The number of carbonyl (C=O) groups is 1. The predicted octanol–water partition coefficient (Wildman–Crippen LogP) is 2.88. The zero-order chi connectivity index (χ0) is 16.8. The number of nitrogens with zero attached hydrogens (tertiary/aromatic N) is 3. The van der Waals surface area contributed by atoms with E-state index in [-0.39, 0.29) is 5.91 Å². The highest BCUT2D eigenvalue weighted by molar-refractivity contribution is 5.97. The molecule has 124 valence electrons. The van der Waals surface area contributed by atoms with Gasteiger partial charge in [-0.2, -0.15) is 0 Å². The van der Waals surface area contributed by atoms with Crippen molar-refractivity contribution < 1.29 is 4.79 Å². The van der Waals surface area contributed by atoms with Crippen molar-refractivity contribution in [1.29, 1.82) is 0 Å². The van der Waals surface area contributed by atoms with E-state index in [0.29, 0.717) is 24.2 Å². The number of nitrogens with one attached hydrogen (secondary N) is 2. The molecule has 1 saturated carbocycles. The third-order valence-electron chi connectivity index (χ3n) is 4.96. The van der Waals surface area contributed by atoms with E-state index in [1.807, 2.05) is 24.3 Å². The van der Waals surface area contributed by atoms with Crippen LogP contribution in [0, 0.1) is 0 Å². The molecule has 3 heterocycles. The smallest absolute Gasteiger partial charge is 0.231 e. The summed E-state index contributed by atoms with van der Waals surface area (Å²) in [5, 5.41) is 7.38. The standard InChI is InChI=1S/C19H17N5O/c25-18-9-15-19(24-18)20-10-16(22-15)12-7-13(8-12)21-17-6-5-11-3-1-2-4-14(11)23-17/h1-6,10,12-13H,7-9H2,(H,21,23)(H,20,24,25). The summed E-state index contributed by atoms with van der Waals surface area (Å²) in [5.41, 5.74) is 2.76. The molecule has 0 radical (unpaired) electrons. The Morgan fingerprint density at radius 1 is 1.08 bits per heavy atom. The van der Waals surface area contributed by atoms with Crippen LogP contribution in [0.4, 0.5) is 11.6 Å². The lowest BCUT2D eigenvalue weighted by Gasteiger charge is -2.35. The normalized spacial score (nSPS) is 21.5. The zero-order valence-electron chi connectivity index (χ0n) is 13.6. The quantitative estimate of drug-likeness (QED) is 0.771. The van der Waals surface area contributed by atoms with Crippen LogP contribution in [0.5, 0.6) is 0 Å². The Hall–Kier alpha value is -3.02. The minimum Gasteiger partial charge on any atom is -0.367 e. The molecule has 5 rings (SSSR count). The van der Waals surface area contributed by atoms with Gasteiger partial charge in [-0.3, -0.25) is 9.78 Å². The summed E-state index contributed by atoms with van der Waals surface area (Å²) in [6, 6.07) is 12.6. The van der Waals surface area contributed by atoms with E-state index >= 15 is 0 Å². The lowest BCUT2D eigenvalue weighted by atomic mass is 9.78. The van der Waals surface area contributed by atoms with Gasteiger partial charge >= 0.3 is 0 Å². The summed E-state index contributed by atoms with van der Waals surface area (Å²) >= 11 is 0. The molecule has 2 aromatic heterocycles. The van der Waals surface area contributed by atoms with E-state index in [1.165, 1.54) is 0 Å². The van der Waals surface area contributed by atoms with Crippen LogP contribution >= 0.6 is 0 Å². The zero-order valence-corrected chi connectivity index (χ0v) is 13.6. The van der Waals surface area contributed by atoms with Crippen molar-refractivity contribution in [1.82, 2.24) is 15.0 Å². The van der Waals surface area contributed by atoms with Gasteiger partial charge in [-0.05, 0) is 31.0 Å². The van der Waals surface area contributed by atoms with Crippen molar-refractivity contribution in [2.45, 2.75) is 31.2 Å². The number of fused-ring (bicyclic) bond motifs is 2. The maximum Gasteiger partial charge on any atom is 0.231 e. The number of aromatic nitrogens is 3. The fourth-order valence-corrected chi connectivity index (χ4v) is 3.53. The molecule has 1 aliphatic heterocycles. The first-order valence-corrected chi connectivity index (χ1v) is 8.52. The Kier molecular flexibility index (Phi) is 3.16. The Bertz CT molecular complexity index is 980. The molecule has 2 aliphatic rings. The Balaban J connectivity index is 1.26. The second-order valence-electron chi connectivity index (χ2n) is 6.71. The Labute approximate surface area is 144 Å². The summed E-state index contributed by atoms with van der Waals surface area (Å²) in [5.74, 6) is 1.90. The summed E-state index contributed by atoms with van der Waals surface area (Å²) in [6.07, 6.45) is 4.14. The molecule has 6 heteroatoms. The molecule has 0 spiro atoms. The average molecular weight is 331 g/mol. The van der Waals surface area contributed by atoms with E-state index in [1.54, 1.807) is 6.20 Å². The molecule has 1 amide bonds. The molecule has 6 nitrogen and oxygen atoms in total. The molecule has 25 heavy (non-hydrogen) atoms. The lowest BCUT2D eigenvalue weighted by Crippen LogP contribution is -2.34. The van der Waals surface area contributed by atoms with Crippen LogP contribution in [-0.4, -0.2) is 26.9 Å². The van der Waals surface area contributed by atoms with Gasteiger partial charge in [0.25, 0.3) is 0 Å². The van der Waals surface area contributed by atoms with Gasteiger partial charge < -0.3 is 10.6 Å². The van der Waals surface area contributed by atoms with Gasteiger partial charge in [0.05, 0.1) is 29.5 Å². The van der Waals surface area contributed by atoms with Crippen molar-refractivity contribution in [3.63, 3.8) is 0 Å². The minimum absolute atomic E-state index is 0.0253. The van der Waals surface area contributed by atoms with Crippen molar-refractivity contribution in [3.05, 3.63) is 54.0 Å². The number of pyridine rings is 1. The van der Waals surface area contributed by atoms with E-state index in [9.17, 15) is 4.79 Å². The molecular weight excluding hydrogens is 314 g/mol. The van der Waals surface area contributed by atoms with Crippen LogP contribution in [0.15, 0.2) is 42.6 Å². The van der Waals surface area contributed by atoms with Crippen LogP contribution in [-0.2, 0) is 11.2 Å². The average Bonchev–Trinajstić information content (AvgIpc) is 2.96. The molecule has 0 bridgehead atoms. The van der Waals surface area contributed by atoms with Crippen molar-refractivity contribution >= 4 is 28.4 Å². The molecule has 0 unspecified atom stereocenters. The van der Waals surface area contributed by atoms with E-state index < -0.39 is 0 Å². The van der Waals surface area contributed by atoms with Gasteiger partial charge in [-0.25, -0.2) is 9.97 Å². The first-order chi connectivity index (χ1) is 12.2. The number of amides is 1. The molecule has 3 aromatic rings. The molecular formula is C19H17N5O. The summed E-state index contributed by atoms with van der Waals surface area (Å²) in [6.45, 7) is 0. The van der Waals surface area contributed by atoms with Gasteiger partial charge in [0.2, 0.25) is 5.91 Å². The molecule has 0 saturated heterocycles. The number of anilines is 2. The number of hydrogen-bond donors (Lipinski definition) is 2. The van der Waals surface area contributed by atoms with E-state index in [2.05, 4.69) is 37.7 Å². The monoisotopic (exact) mass is 331 g/mol. The Morgan fingerprint density at radius 2 is 1.96 bits per heavy atom. The fraction of sp³-hybridized carbons (Fsp3) is 0.263. The van der Waals surface area contributed by atoms with Crippen LogP contribution in [0.2, 0.25) is 0 Å². The lowest BCUT2D eigenvalue weighted by molar-refractivity contribution is -0.115. The second kappa shape index (κ2) is 5.51. The van der Waals surface area contributed by atoms with Crippen LogP contribution in [0.25, 0.3) is 10.9 Å². The second-order valence-corrected chi connectivity index (χ2v) is 6.71.